The second-order valence-corrected chi connectivity index (χ2v) is 9.62. The summed E-state index contributed by atoms with van der Waals surface area (Å²) in [6.07, 6.45) is 1.47. The zero-order valence-corrected chi connectivity index (χ0v) is 18.9. The monoisotopic (exact) mass is 458 g/mol. The van der Waals surface area contributed by atoms with Gasteiger partial charge in [-0.3, -0.25) is 4.79 Å². The topological polar surface area (TPSA) is 97.9 Å². The Morgan fingerprint density at radius 1 is 1.06 bits per heavy atom. The van der Waals surface area contributed by atoms with Crippen molar-refractivity contribution in [3.63, 3.8) is 0 Å². The van der Waals surface area contributed by atoms with E-state index in [2.05, 4.69) is 4.98 Å². The van der Waals surface area contributed by atoms with E-state index >= 15 is 0 Å². The highest BCUT2D eigenvalue weighted by Gasteiger charge is 2.30. The van der Waals surface area contributed by atoms with Crippen molar-refractivity contribution >= 4 is 20.9 Å². The Bertz CT molecular complexity index is 1250. The molecule has 2 aromatic carbocycles. The minimum Gasteiger partial charge on any atom is -0.497 e. The average Bonchev–Trinajstić information content (AvgIpc) is 3.32. The first-order valence-electron chi connectivity index (χ1n) is 10.4. The molecule has 1 atom stereocenters. The SMILES string of the molecule is COc1ccc(S(=O)(=O)N(Cc2cc3ccc(OC)cc3[nH]c2=O)CC2CCCO2)cc1. The zero-order valence-electron chi connectivity index (χ0n) is 18.0. The summed E-state index contributed by atoms with van der Waals surface area (Å²) >= 11 is 0. The van der Waals surface area contributed by atoms with E-state index in [0.29, 0.717) is 29.2 Å². The highest BCUT2D eigenvalue weighted by Crippen LogP contribution is 2.25. The number of methoxy groups -OCH3 is 2. The number of ether oxygens (including phenoxy) is 3. The largest absolute Gasteiger partial charge is 0.497 e. The lowest BCUT2D eigenvalue weighted by Gasteiger charge is -2.25. The molecule has 32 heavy (non-hydrogen) atoms. The maximum Gasteiger partial charge on any atom is 0.252 e. The second-order valence-electron chi connectivity index (χ2n) is 7.68. The molecule has 1 fully saturated rings. The van der Waals surface area contributed by atoms with E-state index in [9.17, 15) is 13.2 Å². The van der Waals surface area contributed by atoms with Gasteiger partial charge in [0.2, 0.25) is 10.0 Å². The molecule has 1 aliphatic heterocycles. The van der Waals surface area contributed by atoms with Crippen molar-refractivity contribution in [1.82, 2.24) is 9.29 Å². The van der Waals surface area contributed by atoms with Crippen molar-refractivity contribution in [2.24, 2.45) is 0 Å². The van der Waals surface area contributed by atoms with Crippen molar-refractivity contribution < 1.29 is 22.6 Å². The van der Waals surface area contributed by atoms with Crippen LogP contribution in [0.3, 0.4) is 0 Å². The number of aromatic nitrogens is 1. The number of aromatic amines is 1. The molecule has 9 heteroatoms. The van der Waals surface area contributed by atoms with Crippen LogP contribution in [0, 0.1) is 0 Å². The van der Waals surface area contributed by atoms with Gasteiger partial charge in [-0.15, -0.1) is 0 Å². The Balaban J connectivity index is 1.70. The second kappa shape index (κ2) is 9.32. The molecule has 1 unspecified atom stereocenters. The van der Waals surface area contributed by atoms with Crippen LogP contribution in [0.5, 0.6) is 11.5 Å². The maximum atomic E-state index is 13.5. The molecular weight excluding hydrogens is 432 g/mol. The minimum atomic E-state index is -3.87. The van der Waals surface area contributed by atoms with Crippen LogP contribution >= 0.6 is 0 Å². The zero-order chi connectivity index (χ0) is 22.7. The Morgan fingerprint density at radius 2 is 1.78 bits per heavy atom. The highest BCUT2D eigenvalue weighted by molar-refractivity contribution is 7.89. The number of H-pyrrole nitrogens is 1. The third-order valence-corrected chi connectivity index (χ3v) is 7.43. The van der Waals surface area contributed by atoms with Gasteiger partial charge in [0.25, 0.3) is 5.56 Å². The van der Waals surface area contributed by atoms with Gasteiger partial charge in [0, 0.05) is 31.3 Å². The van der Waals surface area contributed by atoms with Gasteiger partial charge in [-0.1, -0.05) is 0 Å². The number of rotatable bonds is 8. The lowest BCUT2D eigenvalue weighted by Crippen LogP contribution is -2.38. The molecule has 1 saturated heterocycles. The van der Waals surface area contributed by atoms with Crippen molar-refractivity contribution in [2.75, 3.05) is 27.4 Å². The van der Waals surface area contributed by atoms with E-state index in [-0.39, 0.29) is 29.6 Å². The Kier molecular flexibility index (Phi) is 6.50. The smallest absolute Gasteiger partial charge is 0.252 e. The van der Waals surface area contributed by atoms with Crippen LogP contribution in [0.25, 0.3) is 10.9 Å². The molecule has 3 aromatic rings. The van der Waals surface area contributed by atoms with E-state index in [1.165, 1.54) is 23.5 Å². The molecular formula is C23H26N2O6S. The van der Waals surface area contributed by atoms with E-state index in [1.54, 1.807) is 37.4 Å². The highest BCUT2D eigenvalue weighted by atomic mass is 32.2. The van der Waals surface area contributed by atoms with Crippen LogP contribution in [0.1, 0.15) is 18.4 Å². The number of hydrogen-bond donors (Lipinski definition) is 1. The van der Waals surface area contributed by atoms with Gasteiger partial charge >= 0.3 is 0 Å². The summed E-state index contributed by atoms with van der Waals surface area (Å²) in [5.74, 6) is 1.19. The Labute approximate surface area is 186 Å². The van der Waals surface area contributed by atoms with Crippen LogP contribution in [-0.4, -0.2) is 51.2 Å². The van der Waals surface area contributed by atoms with Crippen molar-refractivity contribution in [2.45, 2.75) is 30.4 Å². The van der Waals surface area contributed by atoms with Crippen LogP contribution < -0.4 is 15.0 Å². The fourth-order valence-electron chi connectivity index (χ4n) is 3.82. The average molecular weight is 459 g/mol. The normalized spacial score (nSPS) is 16.5. The molecule has 2 heterocycles. The summed E-state index contributed by atoms with van der Waals surface area (Å²) in [5.41, 5.74) is 0.646. The van der Waals surface area contributed by atoms with Crippen molar-refractivity contribution in [3.8, 4) is 11.5 Å². The van der Waals surface area contributed by atoms with Crippen LogP contribution in [-0.2, 0) is 21.3 Å². The number of sulfonamides is 1. The van der Waals surface area contributed by atoms with E-state index in [1.807, 2.05) is 6.07 Å². The molecule has 0 radical (unpaired) electrons. The van der Waals surface area contributed by atoms with Gasteiger partial charge < -0.3 is 19.2 Å². The lowest BCUT2D eigenvalue weighted by atomic mass is 10.1. The van der Waals surface area contributed by atoms with Crippen LogP contribution in [0.2, 0.25) is 0 Å². The lowest BCUT2D eigenvalue weighted by molar-refractivity contribution is 0.0925. The minimum absolute atomic E-state index is 0.0640. The first-order chi connectivity index (χ1) is 15.4. The number of fused-ring (bicyclic) bond motifs is 1. The van der Waals surface area contributed by atoms with Gasteiger partial charge in [-0.25, -0.2) is 8.42 Å². The fraction of sp³-hybridized carbons (Fsp3) is 0.348. The van der Waals surface area contributed by atoms with Crippen LogP contribution in [0.15, 0.2) is 58.2 Å². The molecule has 0 amide bonds. The molecule has 0 spiro atoms. The summed E-state index contributed by atoms with van der Waals surface area (Å²) < 4.78 is 44.3. The van der Waals surface area contributed by atoms with Gasteiger partial charge in [0.15, 0.2) is 0 Å². The first-order valence-corrected chi connectivity index (χ1v) is 11.8. The summed E-state index contributed by atoms with van der Waals surface area (Å²) in [6, 6.07) is 13.3. The molecule has 8 nitrogen and oxygen atoms in total. The molecule has 0 bridgehead atoms. The first kappa shape index (κ1) is 22.3. The van der Waals surface area contributed by atoms with E-state index in [0.717, 1.165) is 18.2 Å². The molecule has 0 saturated carbocycles. The van der Waals surface area contributed by atoms with E-state index in [4.69, 9.17) is 14.2 Å². The Hall–Kier alpha value is -2.88. The summed E-state index contributed by atoms with van der Waals surface area (Å²) in [7, 11) is -0.789. The van der Waals surface area contributed by atoms with Gasteiger partial charge in [0.1, 0.15) is 11.5 Å². The van der Waals surface area contributed by atoms with Gasteiger partial charge in [0.05, 0.1) is 30.7 Å². The predicted molar refractivity (Wildman–Crippen MR) is 121 cm³/mol. The number of hydrogen-bond acceptors (Lipinski definition) is 6. The number of nitrogens with zero attached hydrogens (tertiary/aromatic N) is 1. The fourth-order valence-corrected chi connectivity index (χ4v) is 5.27. The quantitative estimate of drug-likeness (QED) is 0.557. The third kappa shape index (κ3) is 4.64. The Morgan fingerprint density at radius 3 is 2.44 bits per heavy atom. The number of nitrogens with one attached hydrogen (secondary N) is 1. The predicted octanol–water partition coefficient (Wildman–Crippen LogP) is 2.92. The number of pyridine rings is 1. The van der Waals surface area contributed by atoms with Crippen LogP contribution in [0.4, 0.5) is 0 Å². The maximum absolute atomic E-state index is 13.5. The summed E-state index contributed by atoms with van der Waals surface area (Å²) in [6.45, 7) is 0.722. The molecule has 0 aliphatic carbocycles. The summed E-state index contributed by atoms with van der Waals surface area (Å²) in [4.78, 5) is 15.8. The van der Waals surface area contributed by atoms with Crippen molar-refractivity contribution in [1.29, 1.82) is 0 Å². The molecule has 4 rings (SSSR count). The molecule has 1 aliphatic rings. The third-order valence-electron chi connectivity index (χ3n) is 5.61. The molecule has 1 aromatic heterocycles. The van der Waals surface area contributed by atoms with Gasteiger partial charge in [-0.05, 0) is 60.7 Å². The standard InChI is InChI=1S/C23H26N2O6S/c1-29-18-7-9-21(10-8-18)32(27,28)25(15-20-4-3-11-31-20)14-17-12-16-5-6-19(30-2)13-22(16)24-23(17)26/h5-10,12-13,20H,3-4,11,14-15H2,1-2H3,(H,24,26). The summed E-state index contributed by atoms with van der Waals surface area (Å²) in [5, 5.41) is 0.791. The van der Waals surface area contributed by atoms with E-state index < -0.39 is 10.0 Å². The molecule has 170 valence electrons. The molecule has 1 N–H and O–H groups in total. The number of benzene rings is 2. The van der Waals surface area contributed by atoms with Gasteiger partial charge in [-0.2, -0.15) is 4.31 Å². The van der Waals surface area contributed by atoms with Crippen molar-refractivity contribution in [3.05, 3.63) is 64.4 Å².